The van der Waals surface area contributed by atoms with Gasteiger partial charge >= 0.3 is 0 Å². The minimum Gasteiger partial charge on any atom is -0.397 e. The third-order valence-electron chi connectivity index (χ3n) is 3.56. The summed E-state index contributed by atoms with van der Waals surface area (Å²) in [4.78, 5) is 2.33. The molecule has 0 aromatic heterocycles. The Hall–Kier alpha value is -1.38. The number of hydrogen-bond donors (Lipinski definition) is 1. The molecule has 1 aliphatic rings. The molecule has 2 nitrogen and oxygen atoms in total. The maximum Gasteiger partial charge on any atom is 0.0621 e. The number of hydrogen-bond acceptors (Lipinski definition) is 2. The van der Waals surface area contributed by atoms with Crippen molar-refractivity contribution >= 4 is 34.6 Å². The first kappa shape index (κ1) is 13.6. The van der Waals surface area contributed by atoms with Crippen LogP contribution in [0, 0.1) is 0 Å². The van der Waals surface area contributed by atoms with Gasteiger partial charge < -0.3 is 10.6 Å². The lowest BCUT2D eigenvalue weighted by atomic mass is 10.1. The van der Waals surface area contributed by atoms with Gasteiger partial charge in [-0.25, -0.2) is 0 Å². The second kappa shape index (κ2) is 5.55. The second-order valence-corrected chi connectivity index (χ2v) is 5.98. The van der Waals surface area contributed by atoms with Gasteiger partial charge in [0.05, 0.1) is 21.4 Å². The number of nitrogen functional groups attached to an aromatic ring is 1. The molecule has 2 N–H and O–H groups in total. The van der Waals surface area contributed by atoms with Crippen LogP contribution in [-0.2, 0) is 6.54 Å². The van der Waals surface area contributed by atoms with Crippen molar-refractivity contribution < 1.29 is 0 Å². The monoisotopic (exact) mass is 306 g/mol. The van der Waals surface area contributed by atoms with Crippen LogP contribution in [0.3, 0.4) is 0 Å². The van der Waals surface area contributed by atoms with Crippen LogP contribution in [0.2, 0.25) is 10.0 Å². The Labute approximate surface area is 129 Å². The van der Waals surface area contributed by atoms with E-state index in [1.807, 2.05) is 12.1 Å². The van der Waals surface area contributed by atoms with E-state index in [1.165, 1.54) is 18.4 Å². The third-order valence-corrected chi connectivity index (χ3v) is 4.28. The van der Waals surface area contributed by atoms with E-state index in [0.717, 1.165) is 12.2 Å². The quantitative estimate of drug-likeness (QED) is 0.826. The largest absolute Gasteiger partial charge is 0.397 e. The van der Waals surface area contributed by atoms with Crippen LogP contribution in [0.15, 0.2) is 42.5 Å². The molecule has 2 aromatic rings. The summed E-state index contributed by atoms with van der Waals surface area (Å²) in [6.07, 6.45) is 2.40. The Morgan fingerprint density at radius 2 is 1.70 bits per heavy atom. The lowest BCUT2D eigenvalue weighted by molar-refractivity contribution is 0.796. The number of anilines is 2. The lowest BCUT2D eigenvalue weighted by Crippen LogP contribution is -2.25. The van der Waals surface area contributed by atoms with E-state index < -0.39 is 0 Å². The molecule has 2 aromatic carbocycles. The molecule has 1 fully saturated rings. The van der Waals surface area contributed by atoms with Crippen LogP contribution in [0.25, 0.3) is 0 Å². The second-order valence-electron chi connectivity index (χ2n) is 5.17. The first-order valence-corrected chi connectivity index (χ1v) is 7.46. The van der Waals surface area contributed by atoms with Crippen molar-refractivity contribution in [3.63, 3.8) is 0 Å². The third kappa shape index (κ3) is 2.87. The van der Waals surface area contributed by atoms with Crippen LogP contribution in [0.1, 0.15) is 18.4 Å². The lowest BCUT2D eigenvalue weighted by Gasteiger charge is -2.26. The van der Waals surface area contributed by atoms with E-state index >= 15 is 0 Å². The van der Waals surface area contributed by atoms with Crippen molar-refractivity contribution in [1.29, 1.82) is 0 Å². The van der Waals surface area contributed by atoms with Gasteiger partial charge in [-0.05, 0) is 30.5 Å². The zero-order valence-corrected chi connectivity index (χ0v) is 12.5. The van der Waals surface area contributed by atoms with Gasteiger partial charge in [0.2, 0.25) is 0 Å². The van der Waals surface area contributed by atoms with Crippen LogP contribution in [0.5, 0.6) is 0 Å². The zero-order valence-electron chi connectivity index (χ0n) is 11.0. The van der Waals surface area contributed by atoms with Gasteiger partial charge in [-0.15, -0.1) is 0 Å². The van der Waals surface area contributed by atoms with Crippen molar-refractivity contribution in [1.82, 2.24) is 0 Å². The fourth-order valence-corrected chi connectivity index (χ4v) is 2.71. The molecule has 104 valence electrons. The van der Waals surface area contributed by atoms with Gasteiger partial charge in [-0.3, -0.25) is 0 Å². The Morgan fingerprint density at radius 3 is 2.35 bits per heavy atom. The average Bonchev–Trinajstić information content (AvgIpc) is 3.26. The van der Waals surface area contributed by atoms with Gasteiger partial charge in [0, 0.05) is 12.6 Å². The number of rotatable bonds is 4. The fourth-order valence-electron chi connectivity index (χ4n) is 2.38. The molecule has 0 heterocycles. The molecule has 0 bridgehead atoms. The summed E-state index contributed by atoms with van der Waals surface area (Å²) in [5.41, 5.74) is 9.05. The minimum absolute atomic E-state index is 0.503. The van der Waals surface area contributed by atoms with Gasteiger partial charge in [0.15, 0.2) is 0 Å². The maximum absolute atomic E-state index is 6.14. The Kier molecular flexibility index (Phi) is 3.77. The molecule has 1 aliphatic carbocycles. The molecule has 0 spiro atoms. The number of nitrogens with two attached hydrogens (primary N) is 1. The highest BCUT2D eigenvalue weighted by Gasteiger charge is 2.30. The van der Waals surface area contributed by atoms with Gasteiger partial charge in [0.1, 0.15) is 0 Å². The molecule has 0 saturated heterocycles. The molecule has 0 atom stereocenters. The summed E-state index contributed by atoms with van der Waals surface area (Å²) in [7, 11) is 0. The summed E-state index contributed by atoms with van der Waals surface area (Å²) in [5, 5.41) is 1.05. The van der Waals surface area contributed by atoms with Crippen LogP contribution in [-0.4, -0.2) is 6.04 Å². The molecule has 0 radical (unpaired) electrons. The molecule has 0 amide bonds. The smallest absolute Gasteiger partial charge is 0.0621 e. The Morgan fingerprint density at radius 1 is 1.05 bits per heavy atom. The summed E-state index contributed by atoms with van der Waals surface area (Å²) >= 11 is 12.2. The minimum atomic E-state index is 0.503. The van der Waals surface area contributed by atoms with Gasteiger partial charge in [-0.1, -0.05) is 53.5 Å². The first-order valence-electron chi connectivity index (χ1n) is 6.70. The van der Waals surface area contributed by atoms with E-state index in [9.17, 15) is 0 Å². The highest BCUT2D eigenvalue weighted by molar-refractivity contribution is 6.42. The number of benzene rings is 2. The van der Waals surface area contributed by atoms with E-state index in [-0.39, 0.29) is 0 Å². The van der Waals surface area contributed by atoms with Crippen LogP contribution in [0.4, 0.5) is 11.4 Å². The maximum atomic E-state index is 6.14. The normalized spacial score (nSPS) is 14.3. The fraction of sp³-hybridized carbons (Fsp3) is 0.250. The Balaban J connectivity index is 1.93. The van der Waals surface area contributed by atoms with Crippen LogP contribution < -0.4 is 10.6 Å². The average molecular weight is 307 g/mol. The van der Waals surface area contributed by atoms with Gasteiger partial charge in [0.25, 0.3) is 0 Å². The predicted octanol–water partition coefficient (Wildman–Crippen LogP) is 4.74. The Bertz CT molecular complexity index is 609. The SMILES string of the molecule is Nc1cc(Cl)c(Cl)cc1N(Cc1ccccc1)C1CC1. The van der Waals surface area contributed by atoms with Gasteiger partial charge in [-0.2, -0.15) is 0 Å². The van der Waals surface area contributed by atoms with E-state index in [1.54, 1.807) is 6.07 Å². The van der Waals surface area contributed by atoms with Crippen molar-refractivity contribution in [2.45, 2.75) is 25.4 Å². The van der Waals surface area contributed by atoms with E-state index in [0.29, 0.717) is 21.8 Å². The highest BCUT2D eigenvalue weighted by Crippen LogP contribution is 2.39. The number of halogens is 2. The summed E-state index contributed by atoms with van der Waals surface area (Å²) in [6.45, 7) is 0.841. The summed E-state index contributed by atoms with van der Waals surface area (Å²) < 4.78 is 0. The summed E-state index contributed by atoms with van der Waals surface area (Å²) in [6, 6.07) is 14.6. The standard InChI is InChI=1S/C16H16Cl2N2/c17-13-8-15(19)16(9-14(13)18)20(12-6-7-12)10-11-4-2-1-3-5-11/h1-5,8-9,12H,6-7,10,19H2. The van der Waals surface area contributed by atoms with Crippen molar-refractivity contribution in [3.05, 3.63) is 58.1 Å². The molecule has 0 unspecified atom stereocenters. The molecule has 20 heavy (non-hydrogen) atoms. The molecular formula is C16H16Cl2N2. The first-order chi connectivity index (χ1) is 9.65. The molecular weight excluding hydrogens is 291 g/mol. The van der Waals surface area contributed by atoms with E-state index in [4.69, 9.17) is 28.9 Å². The van der Waals surface area contributed by atoms with E-state index in [2.05, 4.69) is 29.2 Å². The van der Waals surface area contributed by atoms with Crippen molar-refractivity contribution in [2.24, 2.45) is 0 Å². The zero-order chi connectivity index (χ0) is 14.1. The molecule has 1 saturated carbocycles. The van der Waals surface area contributed by atoms with Crippen molar-refractivity contribution in [3.8, 4) is 0 Å². The van der Waals surface area contributed by atoms with Crippen molar-refractivity contribution in [2.75, 3.05) is 10.6 Å². The summed E-state index contributed by atoms with van der Waals surface area (Å²) in [5.74, 6) is 0. The molecule has 3 rings (SSSR count). The van der Waals surface area contributed by atoms with Crippen LogP contribution >= 0.6 is 23.2 Å². The highest BCUT2D eigenvalue weighted by atomic mass is 35.5. The number of nitrogens with zero attached hydrogens (tertiary/aromatic N) is 1. The molecule has 0 aliphatic heterocycles. The predicted molar refractivity (Wildman–Crippen MR) is 86.5 cm³/mol. The topological polar surface area (TPSA) is 29.3 Å². The molecule has 4 heteroatoms.